The Morgan fingerprint density at radius 2 is 1.25 bits per heavy atom. The van der Waals surface area contributed by atoms with Crippen LogP contribution in [0.1, 0.15) is 0 Å². The molecule has 0 N–H and O–H groups in total. The van der Waals surface area contributed by atoms with Crippen molar-refractivity contribution >= 4 is 97.8 Å². The highest BCUT2D eigenvalue weighted by Crippen LogP contribution is 2.48. The molecular weight excluding hydrogens is 806 g/mol. The third-order valence-electron chi connectivity index (χ3n) is 10.1. The number of thiophene rings is 1. The van der Waals surface area contributed by atoms with E-state index in [1.54, 1.807) is 18.6 Å². The van der Waals surface area contributed by atoms with Crippen molar-refractivity contribution in [2.75, 3.05) is 9.80 Å². The van der Waals surface area contributed by atoms with Gasteiger partial charge >= 0.3 is 15.6 Å². The van der Waals surface area contributed by atoms with Crippen LogP contribution in [0.4, 0.5) is 47.3 Å². The largest absolute Gasteiger partial charge is 0.534 e. The first-order valence-electron chi connectivity index (χ1n) is 18.6. The summed E-state index contributed by atoms with van der Waals surface area (Å²) in [4.78, 5) is 12.9. The second kappa shape index (κ2) is 14.6. The number of hydrogen-bond acceptors (Lipinski definition) is 9. The second-order valence-corrected chi connectivity index (χ2v) is 16.5. The minimum absolute atomic E-state index is 0.447. The summed E-state index contributed by atoms with van der Waals surface area (Å²) in [6.07, 6.45) is 5.26. The van der Waals surface area contributed by atoms with Crippen LogP contribution in [0.3, 0.4) is 0 Å². The van der Waals surface area contributed by atoms with Gasteiger partial charge in [0, 0.05) is 66.8 Å². The Balaban J connectivity index is 1.12. The normalized spacial score (nSPS) is 12.1. The van der Waals surface area contributed by atoms with Gasteiger partial charge in [0.05, 0.1) is 23.0 Å². The number of halogens is 3. The quantitative estimate of drug-likeness (QED) is 0.105. The Morgan fingerprint density at radius 3 is 1.98 bits per heavy atom. The molecule has 4 heterocycles. The predicted octanol–water partition coefficient (Wildman–Crippen LogP) is 13.6. The molecule has 0 saturated heterocycles. The van der Waals surface area contributed by atoms with E-state index in [9.17, 15) is 21.6 Å². The first-order valence-corrected chi connectivity index (χ1v) is 20.8. The number of fused-ring (bicyclic) bond motifs is 6. The average Bonchev–Trinajstić information content (AvgIpc) is 3.82. The van der Waals surface area contributed by atoms with Gasteiger partial charge < -0.3 is 18.4 Å². The van der Waals surface area contributed by atoms with Gasteiger partial charge in [-0.3, -0.25) is 4.98 Å². The molecule has 10 rings (SSSR count). The molecule has 0 spiro atoms. The molecule has 4 aromatic heterocycles. The summed E-state index contributed by atoms with van der Waals surface area (Å²) < 4.78 is 77.8. The monoisotopic (exact) mass is 834 g/mol. The van der Waals surface area contributed by atoms with E-state index in [4.69, 9.17) is 13.6 Å². The summed E-state index contributed by atoms with van der Waals surface area (Å²) in [6.45, 7) is 0. The van der Waals surface area contributed by atoms with Crippen molar-refractivity contribution < 1.29 is 30.2 Å². The number of hydrogen-bond donors (Lipinski definition) is 0. The van der Waals surface area contributed by atoms with Crippen molar-refractivity contribution in [2.24, 2.45) is 0 Å². The maximum atomic E-state index is 13.6. The summed E-state index contributed by atoms with van der Waals surface area (Å²) in [5.41, 5.74) is 1.89. The highest BCUT2D eigenvalue weighted by atomic mass is 32.2. The third-order valence-corrected chi connectivity index (χ3v) is 12.2. The van der Waals surface area contributed by atoms with Crippen molar-refractivity contribution in [3.8, 4) is 16.9 Å². The first-order chi connectivity index (χ1) is 29.1. The molecule has 60 heavy (non-hydrogen) atoms. The fourth-order valence-electron chi connectivity index (χ4n) is 7.50. The fourth-order valence-corrected chi connectivity index (χ4v) is 9.14. The van der Waals surface area contributed by atoms with Gasteiger partial charge in [-0.15, -0.1) is 11.3 Å². The van der Waals surface area contributed by atoms with Crippen LogP contribution in [0.5, 0.6) is 5.75 Å². The molecule has 0 aliphatic carbocycles. The molecule has 0 fully saturated rings. The van der Waals surface area contributed by atoms with Gasteiger partial charge in [0.1, 0.15) is 11.3 Å². The Morgan fingerprint density at radius 1 is 0.583 bits per heavy atom. The van der Waals surface area contributed by atoms with Crippen LogP contribution in [0, 0.1) is 0 Å². The van der Waals surface area contributed by atoms with Crippen molar-refractivity contribution in [3.63, 3.8) is 0 Å². The van der Waals surface area contributed by atoms with Crippen LogP contribution in [0.25, 0.3) is 53.4 Å². The standard InChI is InChI=1S/C47H29F3N4O4S2/c48-47(49,50)60(55,56)58-37-27-41(54(32-11-3-1-4-12-32)33-13-5-2-6-14-33)45-39-19-18-31(25-43(39)59-44(45)28-37)30-10-9-15-35(24-30)53(34-20-22-51-23-21-34)36-26-40-38-16-7-8-17-42(38)57-46(40)52-29-36/h1-29H. The van der Waals surface area contributed by atoms with Gasteiger partial charge in [0.25, 0.3) is 0 Å². The maximum Gasteiger partial charge on any atom is 0.534 e. The summed E-state index contributed by atoms with van der Waals surface area (Å²) in [7, 11) is -5.96. The zero-order chi connectivity index (χ0) is 41.0. The number of aromatic nitrogens is 2. The number of para-hydroxylation sites is 3. The zero-order valence-corrected chi connectivity index (χ0v) is 32.7. The fraction of sp³-hybridized carbons (Fsp3) is 0.0213. The lowest BCUT2D eigenvalue weighted by atomic mass is 10.0. The van der Waals surface area contributed by atoms with E-state index in [2.05, 4.69) is 22.0 Å². The molecule has 0 aliphatic heterocycles. The maximum absolute atomic E-state index is 13.6. The Bertz CT molecular complexity index is 3290. The summed E-state index contributed by atoms with van der Waals surface area (Å²) in [6, 6.07) is 49.2. The van der Waals surface area contributed by atoms with Crippen LogP contribution in [-0.4, -0.2) is 23.9 Å². The van der Waals surface area contributed by atoms with Crippen LogP contribution in [-0.2, 0) is 10.1 Å². The van der Waals surface area contributed by atoms with E-state index in [-0.39, 0.29) is 0 Å². The van der Waals surface area contributed by atoms with Crippen molar-refractivity contribution in [1.29, 1.82) is 0 Å². The van der Waals surface area contributed by atoms with E-state index in [0.717, 1.165) is 60.0 Å². The molecule has 0 radical (unpaired) electrons. The molecule has 0 atom stereocenters. The number of alkyl halides is 3. The van der Waals surface area contributed by atoms with Crippen LogP contribution < -0.4 is 14.0 Å². The van der Waals surface area contributed by atoms with E-state index < -0.39 is 21.4 Å². The average molecular weight is 835 g/mol. The van der Waals surface area contributed by atoms with Crippen LogP contribution in [0.2, 0.25) is 0 Å². The van der Waals surface area contributed by atoms with Crippen molar-refractivity contribution in [1.82, 2.24) is 9.97 Å². The smallest absolute Gasteiger partial charge is 0.438 e. The second-order valence-electron chi connectivity index (χ2n) is 13.9. The molecule has 10 aromatic rings. The number of furan rings is 1. The molecule has 13 heteroatoms. The summed E-state index contributed by atoms with van der Waals surface area (Å²) in [5, 5.41) is 3.40. The highest BCUT2D eigenvalue weighted by Gasteiger charge is 2.48. The molecular formula is C47H29F3N4O4S2. The first kappa shape index (κ1) is 37.1. The molecule has 0 unspecified atom stereocenters. The number of benzene rings is 6. The minimum Gasteiger partial charge on any atom is -0.438 e. The number of nitrogens with zero attached hydrogens (tertiary/aromatic N) is 4. The summed E-state index contributed by atoms with van der Waals surface area (Å²) >= 11 is 1.33. The molecule has 6 aromatic carbocycles. The molecule has 0 aliphatic rings. The van der Waals surface area contributed by atoms with E-state index in [1.807, 2.05) is 138 Å². The van der Waals surface area contributed by atoms with Gasteiger partial charge in [0.2, 0.25) is 5.71 Å². The Hall–Kier alpha value is -7.22. The predicted molar refractivity (Wildman–Crippen MR) is 233 cm³/mol. The van der Waals surface area contributed by atoms with E-state index in [0.29, 0.717) is 27.5 Å². The van der Waals surface area contributed by atoms with Crippen molar-refractivity contribution in [2.45, 2.75) is 5.51 Å². The minimum atomic E-state index is -5.96. The topological polar surface area (TPSA) is 88.8 Å². The van der Waals surface area contributed by atoms with E-state index in [1.165, 1.54) is 23.5 Å². The zero-order valence-electron chi connectivity index (χ0n) is 31.1. The SMILES string of the molecule is O=S(=O)(Oc1cc(N(c2ccccc2)c2ccccc2)c2c(c1)sc1cc(-c3cccc(N(c4ccncc4)c4cnc5oc6ccccc6c5c4)c3)ccc12)C(F)(F)F. The van der Waals surface area contributed by atoms with Gasteiger partial charge in [-0.2, -0.15) is 21.6 Å². The lowest BCUT2D eigenvalue weighted by molar-refractivity contribution is -0.0500. The molecule has 294 valence electrons. The van der Waals surface area contributed by atoms with Gasteiger partial charge in [0.15, 0.2) is 0 Å². The van der Waals surface area contributed by atoms with Crippen LogP contribution in [0.15, 0.2) is 181 Å². The number of rotatable bonds is 9. The third kappa shape index (κ3) is 6.63. The molecule has 0 amide bonds. The highest BCUT2D eigenvalue weighted by molar-refractivity contribution is 7.88. The number of pyridine rings is 2. The van der Waals surface area contributed by atoms with Gasteiger partial charge in [-0.1, -0.05) is 78.9 Å². The Kier molecular flexibility index (Phi) is 8.99. The van der Waals surface area contributed by atoms with Crippen molar-refractivity contribution in [3.05, 3.63) is 176 Å². The molecule has 0 saturated carbocycles. The van der Waals surface area contributed by atoms with E-state index >= 15 is 0 Å². The number of anilines is 6. The van der Waals surface area contributed by atoms with Gasteiger partial charge in [-0.25, -0.2) is 4.98 Å². The lowest BCUT2D eigenvalue weighted by Gasteiger charge is -2.27. The van der Waals surface area contributed by atoms with Crippen LogP contribution >= 0.6 is 11.3 Å². The van der Waals surface area contributed by atoms with Gasteiger partial charge in [-0.05, 0) is 83.9 Å². The Labute approximate surface area is 345 Å². The summed E-state index contributed by atoms with van der Waals surface area (Å²) in [5.74, 6) is -0.460. The molecule has 0 bridgehead atoms. The lowest BCUT2D eigenvalue weighted by Crippen LogP contribution is -2.28. The molecule has 8 nitrogen and oxygen atoms in total.